The molecule has 1 aromatic heterocycles. The van der Waals surface area contributed by atoms with Crippen molar-refractivity contribution in [3.8, 4) is 5.75 Å². The normalized spacial score (nSPS) is 20.7. The van der Waals surface area contributed by atoms with Crippen molar-refractivity contribution in [2.75, 3.05) is 13.7 Å². The molecule has 0 amide bonds. The van der Waals surface area contributed by atoms with E-state index in [0.717, 1.165) is 31.7 Å². The lowest BCUT2D eigenvalue weighted by Gasteiger charge is -2.24. The lowest BCUT2D eigenvalue weighted by Crippen LogP contribution is -2.19. The lowest BCUT2D eigenvalue weighted by atomic mass is 9.98. The molecule has 3 rings (SSSR count). The van der Waals surface area contributed by atoms with E-state index >= 15 is 0 Å². The van der Waals surface area contributed by atoms with Crippen LogP contribution < -0.4 is 4.74 Å². The van der Waals surface area contributed by atoms with Crippen LogP contribution in [0, 0.1) is 0 Å². The van der Waals surface area contributed by atoms with Gasteiger partial charge in [-0.25, -0.2) is 4.68 Å². The van der Waals surface area contributed by atoms with Gasteiger partial charge in [0.1, 0.15) is 5.75 Å². The van der Waals surface area contributed by atoms with Gasteiger partial charge in [-0.1, -0.05) is 6.07 Å². The van der Waals surface area contributed by atoms with E-state index in [2.05, 4.69) is 5.10 Å². The first kappa shape index (κ1) is 16.1. The number of rotatable bonds is 3. The zero-order chi connectivity index (χ0) is 16.6. The van der Waals surface area contributed by atoms with E-state index in [-0.39, 0.29) is 17.5 Å². The second kappa shape index (κ2) is 6.03. The Morgan fingerprint density at radius 3 is 2.74 bits per heavy atom. The van der Waals surface area contributed by atoms with Gasteiger partial charge in [-0.05, 0) is 32.3 Å². The predicted octanol–water partition coefficient (Wildman–Crippen LogP) is 4.41. The number of nitrogens with zero attached hydrogens (tertiary/aromatic N) is 2. The molecule has 0 spiro atoms. The molecule has 1 aromatic carbocycles. The molecular weight excluding hydrogens is 309 g/mol. The molecule has 126 valence electrons. The van der Waals surface area contributed by atoms with Crippen LogP contribution in [-0.4, -0.2) is 29.7 Å². The van der Waals surface area contributed by atoms with Gasteiger partial charge in [-0.15, -0.1) is 0 Å². The molecule has 2 aromatic rings. The molecule has 1 aliphatic heterocycles. The summed E-state index contributed by atoms with van der Waals surface area (Å²) in [6, 6.07) is 3.14. The van der Waals surface area contributed by atoms with E-state index < -0.39 is 12.1 Å². The molecule has 23 heavy (non-hydrogen) atoms. The SMILES string of the molecule is COc1c(C(C)C(F)(F)F)ccc2c1cnn2C1CCCCO1. The monoisotopic (exact) mass is 328 g/mol. The minimum atomic E-state index is -4.32. The topological polar surface area (TPSA) is 36.3 Å². The number of benzene rings is 1. The van der Waals surface area contributed by atoms with Crippen molar-refractivity contribution in [2.45, 2.75) is 44.5 Å². The highest BCUT2D eigenvalue weighted by Gasteiger charge is 2.39. The highest BCUT2D eigenvalue weighted by Crippen LogP contribution is 2.42. The molecule has 1 saturated heterocycles. The fraction of sp³-hybridized carbons (Fsp3) is 0.562. The van der Waals surface area contributed by atoms with Gasteiger partial charge >= 0.3 is 6.18 Å². The zero-order valence-electron chi connectivity index (χ0n) is 13.1. The number of hydrogen-bond donors (Lipinski definition) is 0. The van der Waals surface area contributed by atoms with E-state index in [1.165, 1.54) is 13.2 Å². The van der Waals surface area contributed by atoms with Gasteiger partial charge in [0.15, 0.2) is 6.23 Å². The molecule has 1 fully saturated rings. The van der Waals surface area contributed by atoms with Gasteiger partial charge in [0.25, 0.3) is 0 Å². The molecule has 1 aliphatic rings. The minimum Gasteiger partial charge on any atom is -0.496 e. The first-order valence-electron chi connectivity index (χ1n) is 7.66. The maximum absolute atomic E-state index is 13.1. The number of halogens is 3. The maximum atomic E-state index is 13.1. The van der Waals surface area contributed by atoms with Gasteiger partial charge in [0.05, 0.1) is 30.1 Å². The van der Waals surface area contributed by atoms with Crippen molar-refractivity contribution in [2.24, 2.45) is 0 Å². The highest BCUT2D eigenvalue weighted by atomic mass is 19.4. The fourth-order valence-corrected chi connectivity index (χ4v) is 3.00. The van der Waals surface area contributed by atoms with Crippen LogP contribution in [0.1, 0.15) is 43.9 Å². The van der Waals surface area contributed by atoms with Gasteiger partial charge in [0, 0.05) is 12.2 Å². The van der Waals surface area contributed by atoms with Crippen LogP contribution in [0.3, 0.4) is 0 Å². The van der Waals surface area contributed by atoms with E-state index in [0.29, 0.717) is 12.0 Å². The number of aromatic nitrogens is 2. The Hall–Kier alpha value is -1.76. The average Bonchev–Trinajstić information content (AvgIpc) is 2.97. The third-order valence-corrected chi connectivity index (χ3v) is 4.35. The summed E-state index contributed by atoms with van der Waals surface area (Å²) < 4.78 is 51.9. The van der Waals surface area contributed by atoms with Crippen molar-refractivity contribution in [3.63, 3.8) is 0 Å². The quantitative estimate of drug-likeness (QED) is 0.837. The molecule has 0 aliphatic carbocycles. The van der Waals surface area contributed by atoms with Crippen LogP contribution >= 0.6 is 0 Å². The summed E-state index contributed by atoms with van der Waals surface area (Å²) in [4.78, 5) is 0. The maximum Gasteiger partial charge on any atom is 0.395 e. The first-order valence-corrected chi connectivity index (χ1v) is 7.66. The molecule has 2 unspecified atom stereocenters. The van der Waals surface area contributed by atoms with Crippen LogP contribution in [0.25, 0.3) is 10.9 Å². The van der Waals surface area contributed by atoms with E-state index in [1.54, 1.807) is 16.9 Å². The molecule has 0 saturated carbocycles. The third kappa shape index (κ3) is 2.89. The molecule has 2 atom stereocenters. The van der Waals surface area contributed by atoms with E-state index in [4.69, 9.17) is 9.47 Å². The Labute approximate surface area is 132 Å². The van der Waals surface area contributed by atoms with E-state index in [9.17, 15) is 13.2 Å². The lowest BCUT2D eigenvalue weighted by molar-refractivity contribution is -0.146. The smallest absolute Gasteiger partial charge is 0.395 e. The van der Waals surface area contributed by atoms with Crippen molar-refractivity contribution in [3.05, 3.63) is 23.9 Å². The fourth-order valence-electron chi connectivity index (χ4n) is 3.00. The van der Waals surface area contributed by atoms with Crippen LogP contribution in [0.2, 0.25) is 0 Å². The summed E-state index contributed by atoms with van der Waals surface area (Å²) in [5, 5.41) is 4.90. The van der Waals surface area contributed by atoms with Crippen LogP contribution in [0.4, 0.5) is 13.2 Å². The Morgan fingerprint density at radius 1 is 1.35 bits per heavy atom. The molecule has 7 heteroatoms. The third-order valence-electron chi connectivity index (χ3n) is 4.35. The minimum absolute atomic E-state index is 0.122. The standard InChI is InChI=1S/C16H19F3N2O2/c1-10(16(17,18)19)11-6-7-13-12(15(11)22-2)9-20-21(13)14-5-3-4-8-23-14/h6-7,9-10,14H,3-5,8H2,1-2H3. The van der Waals surface area contributed by atoms with Crippen molar-refractivity contribution < 1.29 is 22.6 Å². The van der Waals surface area contributed by atoms with Crippen LogP contribution in [0.5, 0.6) is 5.75 Å². The molecule has 0 bridgehead atoms. The van der Waals surface area contributed by atoms with Crippen molar-refractivity contribution in [1.82, 2.24) is 9.78 Å². The first-order chi connectivity index (χ1) is 10.9. The molecular formula is C16H19F3N2O2. The second-order valence-corrected chi connectivity index (χ2v) is 5.79. The largest absolute Gasteiger partial charge is 0.496 e. The highest BCUT2D eigenvalue weighted by molar-refractivity contribution is 5.87. The average molecular weight is 328 g/mol. The van der Waals surface area contributed by atoms with Crippen LogP contribution in [0.15, 0.2) is 18.3 Å². The number of alkyl halides is 3. The van der Waals surface area contributed by atoms with Gasteiger partial charge in [0.2, 0.25) is 0 Å². The Kier molecular flexibility index (Phi) is 4.23. The predicted molar refractivity (Wildman–Crippen MR) is 79.6 cm³/mol. The second-order valence-electron chi connectivity index (χ2n) is 5.79. The van der Waals surface area contributed by atoms with Gasteiger partial charge in [-0.2, -0.15) is 18.3 Å². The van der Waals surface area contributed by atoms with Crippen molar-refractivity contribution >= 4 is 10.9 Å². The molecule has 4 nitrogen and oxygen atoms in total. The summed E-state index contributed by atoms with van der Waals surface area (Å²) in [7, 11) is 1.38. The number of hydrogen-bond acceptors (Lipinski definition) is 3. The summed E-state index contributed by atoms with van der Waals surface area (Å²) in [5.74, 6) is -1.37. The molecule has 2 heterocycles. The summed E-state index contributed by atoms with van der Waals surface area (Å²) in [6.07, 6.45) is -0.0162. The molecule has 0 N–H and O–H groups in total. The Bertz CT molecular complexity index is 690. The number of ether oxygens (including phenoxy) is 2. The van der Waals surface area contributed by atoms with Crippen LogP contribution in [-0.2, 0) is 4.74 Å². The summed E-state index contributed by atoms with van der Waals surface area (Å²) in [6.45, 7) is 1.81. The van der Waals surface area contributed by atoms with Crippen molar-refractivity contribution in [1.29, 1.82) is 0 Å². The van der Waals surface area contributed by atoms with Gasteiger partial charge < -0.3 is 9.47 Å². The number of fused-ring (bicyclic) bond motifs is 1. The van der Waals surface area contributed by atoms with Gasteiger partial charge in [-0.3, -0.25) is 0 Å². The Balaban J connectivity index is 2.07. The Morgan fingerprint density at radius 2 is 2.13 bits per heavy atom. The zero-order valence-corrected chi connectivity index (χ0v) is 13.1. The number of methoxy groups -OCH3 is 1. The van der Waals surface area contributed by atoms with E-state index in [1.807, 2.05) is 0 Å². The summed E-state index contributed by atoms with van der Waals surface area (Å²) >= 11 is 0. The molecule has 0 radical (unpaired) electrons. The summed E-state index contributed by atoms with van der Waals surface area (Å²) in [5.41, 5.74) is 0.850.